The summed E-state index contributed by atoms with van der Waals surface area (Å²) in [5, 5.41) is 20.4. The molecule has 156 valence electrons. The molecule has 1 heterocycles. The highest BCUT2D eigenvalue weighted by molar-refractivity contribution is 6.51. The van der Waals surface area contributed by atoms with E-state index in [1.54, 1.807) is 0 Å². The second kappa shape index (κ2) is 7.64. The number of halogens is 3. The molecule has 3 aromatic rings. The molecule has 3 aromatic carbocycles. The summed E-state index contributed by atoms with van der Waals surface area (Å²) >= 11 is 0. The van der Waals surface area contributed by atoms with Crippen LogP contribution in [0.2, 0.25) is 0 Å². The van der Waals surface area contributed by atoms with Gasteiger partial charge in [-0.3, -0.25) is 14.5 Å². The number of aliphatic hydroxyl groups excluding tert-OH is 1. The molecule has 31 heavy (non-hydrogen) atoms. The standard InChI is InChI=1S/C23H14F3NO4/c24-14-5-1-13(2-6-14)21(29)19-20(12-3-8-16(28)9-4-12)27(23(31)22(19)30)18-11-15(25)7-10-17(18)26/h1-11,20,28-29H/b21-19+. The number of phenolic OH excluding ortho intramolecular Hbond substituents is 1. The maximum absolute atomic E-state index is 14.5. The maximum Gasteiger partial charge on any atom is 0.300 e. The van der Waals surface area contributed by atoms with Crippen LogP contribution in [0.5, 0.6) is 5.75 Å². The van der Waals surface area contributed by atoms with Gasteiger partial charge in [-0.05, 0) is 54.1 Å². The van der Waals surface area contributed by atoms with Crippen molar-refractivity contribution in [2.75, 3.05) is 4.90 Å². The molecular weight excluding hydrogens is 411 g/mol. The van der Waals surface area contributed by atoms with Crippen LogP contribution < -0.4 is 4.90 Å². The molecule has 1 fully saturated rings. The summed E-state index contributed by atoms with van der Waals surface area (Å²) in [4.78, 5) is 26.5. The summed E-state index contributed by atoms with van der Waals surface area (Å²) in [6.07, 6.45) is 0. The minimum Gasteiger partial charge on any atom is -0.508 e. The fourth-order valence-electron chi connectivity index (χ4n) is 3.49. The van der Waals surface area contributed by atoms with E-state index in [9.17, 15) is 33.0 Å². The highest BCUT2D eigenvalue weighted by atomic mass is 19.1. The number of amides is 1. The zero-order chi connectivity index (χ0) is 22.3. The van der Waals surface area contributed by atoms with Crippen LogP contribution in [0.4, 0.5) is 18.9 Å². The molecule has 4 rings (SSSR count). The SMILES string of the molecule is O=C1C(=O)N(c2cc(F)ccc2F)C(c2ccc(O)cc2)/C1=C(\O)c1ccc(F)cc1. The maximum atomic E-state index is 14.5. The number of carbonyl (C=O) groups excluding carboxylic acids is 2. The number of hydrogen-bond acceptors (Lipinski definition) is 4. The van der Waals surface area contributed by atoms with Crippen molar-refractivity contribution in [2.24, 2.45) is 0 Å². The van der Waals surface area contributed by atoms with Crippen LogP contribution in [0, 0.1) is 17.5 Å². The van der Waals surface area contributed by atoms with Crippen LogP contribution in [-0.4, -0.2) is 21.9 Å². The molecule has 2 N–H and O–H groups in total. The van der Waals surface area contributed by atoms with Crippen molar-refractivity contribution in [3.8, 4) is 5.75 Å². The average Bonchev–Trinajstić information content (AvgIpc) is 3.01. The number of nitrogens with zero attached hydrogens (tertiary/aromatic N) is 1. The van der Waals surface area contributed by atoms with Gasteiger partial charge >= 0.3 is 0 Å². The monoisotopic (exact) mass is 425 g/mol. The average molecular weight is 425 g/mol. The number of phenols is 1. The van der Waals surface area contributed by atoms with E-state index in [2.05, 4.69) is 0 Å². The Hall–Kier alpha value is -4.07. The van der Waals surface area contributed by atoms with E-state index < -0.39 is 46.6 Å². The first kappa shape index (κ1) is 20.2. The van der Waals surface area contributed by atoms with E-state index in [0.29, 0.717) is 0 Å². The summed E-state index contributed by atoms with van der Waals surface area (Å²) in [6, 6.07) is 11.0. The van der Waals surface area contributed by atoms with Crippen molar-refractivity contribution >= 4 is 23.1 Å². The van der Waals surface area contributed by atoms with E-state index in [0.717, 1.165) is 35.2 Å². The van der Waals surface area contributed by atoms with Crippen LogP contribution in [0.1, 0.15) is 17.2 Å². The molecule has 0 aliphatic carbocycles. The predicted octanol–water partition coefficient (Wildman–Crippen LogP) is 4.44. The van der Waals surface area contributed by atoms with Crippen molar-refractivity contribution in [2.45, 2.75) is 6.04 Å². The zero-order valence-electron chi connectivity index (χ0n) is 15.7. The first-order chi connectivity index (χ1) is 14.8. The van der Waals surface area contributed by atoms with Gasteiger partial charge in [-0.2, -0.15) is 0 Å². The molecule has 1 amide bonds. The number of aromatic hydroxyl groups is 1. The lowest BCUT2D eigenvalue weighted by Crippen LogP contribution is -2.30. The van der Waals surface area contributed by atoms with Crippen LogP contribution in [0.15, 0.2) is 72.3 Å². The van der Waals surface area contributed by atoms with Gasteiger partial charge in [0.15, 0.2) is 0 Å². The van der Waals surface area contributed by atoms with Crippen molar-refractivity contribution in [1.29, 1.82) is 0 Å². The lowest BCUT2D eigenvalue weighted by molar-refractivity contribution is -0.132. The van der Waals surface area contributed by atoms with Crippen molar-refractivity contribution < 1.29 is 33.0 Å². The van der Waals surface area contributed by atoms with Gasteiger partial charge in [-0.25, -0.2) is 13.2 Å². The second-order valence-corrected chi connectivity index (χ2v) is 6.86. The van der Waals surface area contributed by atoms with Gasteiger partial charge in [0.25, 0.3) is 11.7 Å². The van der Waals surface area contributed by atoms with E-state index in [4.69, 9.17) is 0 Å². The molecule has 8 heteroatoms. The molecule has 0 radical (unpaired) electrons. The van der Waals surface area contributed by atoms with Gasteiger partial charge in [0.1, 0.15) is 29.0 Å². The van der Waals surface area contributed by atoms with E-state index in [1.807, 2.05) is 0 Å². The quantitative estimate of drug-likeness (QED) is 0.370. The lowest BCUT2D eigenvalue weighted by atomic mass is 9.95. The topological polar surface area (TPSA) is 77.8 Å². The van der Waals surface area contributed by atoms with Gasteiger partial charge in [-0.15, -0.1) is 0 Å². The fraction of sp³-hybridized carbons (Fsp3) is 0.0435. The highest BCUT2D eigenvalue weighted by Gasteiger charge is 2.47. The minimum atomic E-state index is -1.32. The Morgan fingerprint density at radius 2 is 1.45 bits per heavy atom. The van der Waals surface area contributed by atoms with Crippen LogP contribution in [0.25, 0.3) is 5.76 Å². The first-order valence-corrected chi connectivity index (χ1v) is 9.09. The number of Topliss-reactive ketones (excluding diaryl/α,β-unsaturated/α-hetero) is 1. The third-order valence-electron chi connectivity index (χ3n) is 4.94. The fourth-order valence-corrected chi connectivity index (χ4v) is 3.49. The molecule has 1 atom stereocenters. The largest absolute Gasteiger partial charge is 0.508 e. The van der Waals surface area contributed by atoms with E-state index in [1.165, 1.54) is 36.4 Å². The van der Waals surface area contributed by atoms with Crippen LogP contribution in [0.3, 0.4) is 0 Å². The van der Waals surface area contributed by atoms with Crippen molar-refractivity contribution in [3.05, 3.63) is 101 Å². The number of hydrogen-bond donors (Lipinski definition) is 2. The predicted molar refractivity (Wildman–Crippen MR) is 106 cm³/mol. The molecule has 1 aliphatic rings. The summed E-state index contributed by atoms with van der Waals surface area (Å²) in [7, 11) is 0. The van der Waals surface area contributed by atoms with Crippen molar-refractivity contribution in [3.63, 3.8) is 0 Å². The molecule has 5 nitrogen and oxygen atoms in total. The summed E-state index contributed by atoms with van der Waals surface area (Å²) in [5.74, 6) is -5.36. The van der Waals surface area contributed by atoms with Crippen LogP contribution in [-0.2, 0) is 9.59 Å². The molecular formula is C23H14F3NO4. The number of anilines is 1. The molecule has 0 bridgehead atoms. The molecule has 0 aromatic heterocycles. The Balaban J connectivity index is 1.97. The minimum absolute atomic E-state index is 0.0582. The summed E-state index contributed by atoms with van der Waals surface area (Å²) in [5.41, 5.74) is -0.559. The van der Waals surface area contributed by atoms with Gasteiger partial charge < -0.3 is 10.2 Å². The summed E-state index contributed by atoms with van der Waals surface area (Å²) < 4.78 is 41.7. The smallest absolute Gasteiger partial charge is 0.300 e. The third kappa shape index (κ3) is 3.52. The van der Waals surface area contributed by atoms with Gasteiger partial charge in [0.05, 0.1) is 17.3 Å². The van der Waals surface area contributed by atoms with Crippen molar-refractivity contribution in [1.82, 2.24) is 0 Å². The zero-order valence-corrected chi connectivity index (χ0v) is 15.7. The molecule has 0 saturated carbocycles. The molecule has 0 spiro atoms. The van der Waals surface area contributed by atoms with Gasteiger partial charge in [0.2, 0.25) is 0 Å². The normalized spacial score (nSPS) is 17.9. The molecule has 1 unspecified atom stereocenters. The Kier molecular flexibility index (Phi) is 4.98. The Bertz CT molecular complexity index is 1220. The van der Waals surface area contributed by atoms with E-state index >= 15 is 0 Å². The Morgan fingerprint density at radius 1 is 0.839 bits per heavy atom. The third-order valence-corrected chi connectivity index (χ3v) is 4.94. The van der Waals surface area contributed by atoms with Gasteiger partial charge in [-0.1, -0.05) is 12.1 Å². The lowest BCUT2D eigenvalue weighted by Gasteiger charge is -2.25. The Morgan fingerprint density at radius 3 is 2.10 bits per heavy atom. The highest BCUT2D eigenvalue weighted by Crippen LogP contribution is 2.43. The number of benzene rings is 3. The number of ketones is 1. The first-order valence-electron chi connectivity index (χ1n) is 9.09. The number of aliphatic hydroxyl groups is 1. The van der Waals surface area contributed by atoms with Gasteiger partial charge in [0, 0.05) is 11.6 Å². The Labute approximate surface area is 174 Å². The second-order valence-electron chi connectivity index (χ2n) is 6.86. The molecule has 1 saturated heterocycles. The molecule has 1 aliphatic heterocycles. The van der Waals surface area contributed by atoms with Crippen LogP contribution >= 0.6 is 0 Å². The van der Waals surface area contributed by atoms with E-state index in [-0.39, 0.29) is 22.4 Å². The number of rotatable bonds is 3. The summed E-state index contributed by atoms with van der Waals surface area (Å²) in [6.45, 7) is 0. The number of carbonyl (C=O) groups is 2.